The van der Waals surface area contributed by atoms with E-state index in [2.05, 4.69) is 12.1 Å². The van der Waals surface area contributed by atoms with Gasteiger partial charge < -0.3 is 4.52 Å². The Bertz CT molecular complexity index is 779. The lowest BCUT2D eigenvalue weighted by Crippen LogP contribution is -1.94. The Kier molecular flexibility index (Phi) is 4.93. The molecule has 1 heterocycles. The van der Waals surface area contributed by atoms with Crippen LogP contribution in [0.2, 0.25) is 0 Å². The van der Waals surface area contributed by atoms with Gasteiger partial charge in [-0.1, -0.05) is 66.3 Å². The summed E-state index contributed by atoms with van der Waals surface area (Å²) in [7, 11) is 0. The summed E-state index contributed by atoms with van der Waals surface area (Å²) in [5, 5.41) is 4.24. The second-order valence-electron chi connectivity index (χ2n) is 5.16. The molecule has 0 spiro atoms. The van der Waals surface area contributed by atoms with E-state index in [0.29, 0.717) is 0 Å². The Morgan fingerprint density at radius 2 is 1.78 bits per heavy atom. The molecule has 2 aromatic carbocycles. The van der Waals surface area contributed by atoms with E-state index in [0.717, 1.165) is 40.3 Å². The molecule has 23 heavy (non-hydrogen) atoms. The standard InChI is InChI=1S/C19H17NO2S/c1-2-12-23-19(21)16-10-8-14(9-11-16)17-13-18(22-20-17)15-6-4-3-5-7-15/h3-11,13H,2,12H2,1H3. The van der Waals surface area contributed by atoms with E-state index >= 15 is 0 Å². The number of nitrogens with zero attached hydrogens (tertiary/aromatic N) is 1. The molecule has 0 saturated heterocycles. The van der Waals surface area contributed by atoms with Crippen LogP contribution >= 0.6 is 11.8 Å². The molecule has 116 valence electrons. The lowest BCUT2D eigenvalue weighted by atomic mass is 10.1. The maximum atomic E-state index is 12.0. The van der Waals surface area contributed by atoms with Gasteiger partial charge >= 0.3 is 0 Å². The quantitative estimate of drug-likeness (QED) is 0.639. The number of carbonyl (C=O) groups is 1. The number of aromatic nitrogens is 1. The van der Waals surface area contributed by atoms with Crippen LogP contribution in [0.5, 0.6) is 0 Å². The second kappa shape index (κ2) is 7.29. The third-order valence-corrected chi connectivity index (χ3v) is 4.53. The van der Waals surface area contributed by atoms with Crippen molar-refractivity contribution in [3.05, 3.63) is 66.2 Å². The van der Waals surface area contributed by atoms with Crippen molar-refractivity contribution in [2.45, 2.75) is 13.3 Å². The molecule has 4 heteroatoms. The SMILES string of the molecule is CCCSC(=O)c1ccc(-c2cc(-c3ccccc3)on2)cc1. The molecule has 0 unspecified atom stereocenters. The van der Waals surface area contributed by atoms with Crippen LogP contribution in [0.4, 0.5) is 0 Å². The summed E-state index contributed by atoms with van der Waals surface area (Å²) in [6.45, 7) is 2.07. The Balaban J connectivity index is 1.78. The Morgan fingerprint density at radius 3 is 2.48 bits per heavy atom. The van der Waals surface area contributed by atoms with E-state index in [1.807, 2.05) is 60.7 Å². The first kappa shape index (κ1) is 15.6. The molecule has 1 aromatic heterocycles. The van der Waals surface area contributed by atoms with Crippen molar-refractivity contribution in [1.29, 1.82) is 0 Å². The largest absolute Gasteiger partial charge is 0.356 e. The van der Waals surface area contributed by atoms with Crippen molar-refractivity contribution in [3.63, 3.8) is 0 Å². The summed E-state index contributed by atoms with van der Waals surface area (Å²) in [6, 6.07) is 19.3. The van der Waals surface area contributed by atoms with Gasteiger partial charge in [-0.15, -0.1) is 0 Å². The Labute approximate surface area is 139 Å². The van der Waals surface area contributed by atoms with Crippen molar-refractivity contribution >= 4 is 16.9 Å². The van der Waals surface area contributed by atoms with E-state index in [4.69, 9.17) is 4.52 Å². The van der Waals surface area contributed by atoms with Gasteiger partial charge in [0.2, 0.25) is 5.12 Å². The van der Waals surface area contributed by atoms with Crippen LogP contribution in [-0.2, 0) is 0 Å². The monoisotopic (exact) mass is 323 g/mol. The first-order valence-electron chi connectivity index (χ1n) is 7.57. The number of hydrogen-bond acceptors (Lipinski definition) is 4. The van der Waals surface area contributed by atoms with Crippen molar-refractivity contribution < 1.29 is 9.32 Å². The van der Waals surface area contributed by atoms with Gasteiger partial charge in [0.25, 0.3) is 0 Å². The first-order valence-corrected chi connectivity index (χ1v) is 8.56. The number of carbonyl (C=O) groups excluding carboxylic acids is 1. The fourth-order valence-corrected chi connectivity index (χ4v) is 2.90. The lowest BCUT2D eigenvalue weighted by Gasteiger charge is -2.00. The zero-order valence-corrected chi connectivity index (χ0v) is 13.7. The minimum Gasteiger partial charge on any atom is -0.356 e. The smallest absolute Gasteiger partial charge is 0.219 e. The maximum Gasteiger partial charge on any atom is 0.219 e. The molecule has 3 rings (SSSR count). The molecular weight excluding hydrogens is 306 g/mol. The first-order chi connectivity index (χ1) is 11.3. The molecule has 0 amide bonds. The van der Waals surface area contributed by atoms with Gasteiger partial charge in [0.15, 0.2) is 5.76 Å². The van der Waals surface area contributed by atoms with Crippen molar-refractivity contribution in [1.82, 2.24) is 5.16 Å². The normalized spacial score (nSPS) is 10.7. The van der Waals surface area contributed by atoms with Gasteiger partial charge in [0.1, 0.15) is 5.69 Å². The van der Waals surface area contributed by atoms with E-state index < -0.39 is 0 Å². The topological polar surface area (TPSA) is 43.1 Å². The molecule has 0 aliphatic rings. The van der Waals surface area contributed by atoms with Crippen LogP contribution in [0.1, 0.15) is 23.7 Å². The number of hydrogen-bond donors (Lipinski definition) is 0. The molecule has 0 N–H and O–H groups in total. The summed E-state index contributed by atoms with van der Waals surface area (Å²) >= 11 is 1.36. The minimum absolute atomic E-state index is 0.114. The summed E-state index contributed by atoms with van der Waals surface area (Å²) in [5.41, 5.74) is 3.42. The van der Waals surface area contributed by atoms with Crippen LogP contribution in [0.15, 0.2) is 65.2 Å². The molecule has 0 atom stereocenters. The minimum atomic E-state index is 0.114. The Morgan fingerprint density at radius 1 is 1.04 bits per heavy atom. The van der Waals surface area contributed by atoms with E-state index in [9.17, 15) is 4.79 Å². The number of benzene rings is 2. The van der Waals surface area contributed by atoms with E-state index in [1.54, 1.807) is 0 Å². The van der Waals surface area contributed by atoms with Crippen molar-refractivity contribution in [2.24, 2.45) is 0 Å². The van der Waals surface area contributed by atoms with Crippen LogP contribution in [0.3, 0.4) is 0 Å². The summed E-state index contributed by atoms with van der Waals surface area (Å²) in [4.78, 5) is 12.0. The van der Waals surface area contributed by atoms with Gasteiger partial charge in [-0.3, -0.25) is 4.79 Å². The zero-order chi connectivity index (χ0) is 16.1. The van der Waals surface area contributed by atoms with Gasteiger partial charge in [0.05, 0.1) is 0 Å². The van der Waals surface area contributed by atoms with E-state index in [1.165, 1.54) is 11.8 Å². The molecule has 0 bridgehead atoms. The highest BCUT2D eigenvalue weighted by Crippen LogP contribution is 2.26. The molecular formula is C19H17NO2S. The highest BCUT2D eigenvalue weighted by atomic mass is 32.2. The number of rotatable bonds is 5. The second-order valence-corrected chi connectivity index (χ2v) is 6.22. The highest BCUT2D eigenvalue weighted by Gasteiger charge is 2.10. The number of thioether (sulfide) groups is 1. The van der Waals surface area contributed by atoms with Crippen LogP contribution < -0.4 is 0 Å². The van der Waals surface area contributed by atoms with Gasteiger partial charge in [0, 0.05) is 28.5 Å². The fourth-order valence-electron chi connectivity index (χ4n) is 2.20. The average Bonchev–Trinajstić information content (AvgIpc) is 3.11. The third kappa shape index (κ3) is 3.71. The van der Waals surface area contributed by atoms with Crippen molar-refractivity contribution in [2.75, 3.05) is 5.75 Å². The summed E-state index contributed by atoms with van der Waals surface area (Å²) < 4.78 is 5.41. The van der Waals surface area contributed by atoms with Crippen LogP contribution in [0.25, 0.3) is 22.6 Å². The van der Waals surface area contributed by atoms with Gasteiger partial charge in [-0.2, -0.15) is 0 Å². The maximum absolute atomic E-state index is 12.0. The summed E-state index contributed by atoms with van der Waals surface area (Å²) in [5.74, 6) is 1.59. The highest BCUT2D eigenvalue weighted by molar-refractivity contribution is 8.14. The molecule has 0 aliphatic carbocycles. The molecule has 0 saturated carbocycles. The van der Waals surface area contributed by atoms with E-state index in [-0.39, 0.29) is 5.12 Å². The molecule has 3 aromatic rings. The van der Waals surface area contributed by atoms with Crippen LogP contribution in [0, 0.1) is 0 Å². The molecule has 0 fully saturated rings. The third-order valence-electron chi connectivity index (χ3n) is 3.42. The summed E-state index contributed by atoms with van der Waals surface area (Å²) in [6.07, 6.45) is 0.996. The van der Waals surface area contributed by atoms with Gasteiger partial charge in [-0.25, -0.2) is 0 Å². The van der Waals surface area contributed by atoms with Crippen molar-refractivity contribution in [3.8, 4) is 22.6 Å². The lowest BCUT2D eigenvalue weighted by molar-refractivity contribution is 0.108. The van der Waals surface area contributed by atoms with Gasteiger partial charge in [-0.05, 0) is 18.6 Å². The predicted octanol–water partition coefficient (Wildman–Crippen LogP) is 5.29. The molecule has 3 nitrogen and oxygen atoms in total. The fraction of sp³-hybridized carbons (Fsp3) is 0.158. The average molecular weight is 323 g/mol. The Hall–Kier alpha value is -2.33. The zero-order valence-electron chi connectivity index (χ0n) is 12.9. The molecule has 0 radical (unpaired) electrons. The van der Waals surface area contributed by atoms with Crippen LogP contribution in [-0.4, -0.2) is 16.0 Å². The predicted molar refractivity (Wildman–Crippen MR) is 94.5 cm³/mol. The molecule has 0 aliphatic heterocycles.